The molecular weight excluding hydrogens is 555 g/mol. The van der Waals surface area contributed by atoms with Gasteiger partial charge < -0.3 is 9.84 Å². The lowest BCUT2D eigenvalue weighted by Crippen LogP contribution is -2.60. The third-order valence-corrected chi connectivity index (χ3v) is 9.46. The van der Waals surface area contributed by atoms with Crippen LogP contribution < -0.4 is 4.74 Å². The highest BCUT2D eigenvalue weighted by Gasteiger charge is 2.76. The Labute approximate surface area is 212 Å². The maximum absolute atomic E-state index is 13.4. The van der Waals surface area contributed by atoms with Crippen molar-refractivity contribution in [1.82, 2.24) is 9.96 Å². The molecule has 1 aromatic rings. The summed E-state index contributed by atoms with van der Waals surface area (Å²) in [6.45, 7) is 0. The third-order valence-electron chi connectivity index (χ3n) is 7.59. The summed E-state index contributed by atoms with van der Waals surface area (Å²) in [4.78, 5) is 48.9. The Morgan fingerprint density at radius 2 is 1.79 bits per heavy atom. The van der Waals surface area contributed by atoms with Crippen molar-refractivity contribution in [2.75, 3.05) is 14.2 Å². The summed E-state index contributed by atoms with van der Waals surface area (Å²) >= 11 is 17.4. The number of nitrogens with zero attached hydrogens (tertiary/aromatic N) is 2. The number of alkyl halides is 2. The van der Waals surface area contributed by atoms with Crippen molar-refractivity contribution >= 4 is 62.8 Å². The summed E-state index contributed by atoms with van der Waals surface area (Å²) in [6.07, 6.45) is 1.61. The van der Waals surface area contributed by atoms with E-state index in [4.69, 9.17) is 27.9 Å². The first-order valence-corrected chi connectivity index (χ1v) is 12.0. The van der Waals surface area contributed by atoms with Gasteiger partial charge in [-0.2, -0.15) is 5.06 Å². The average molecular weight is 574 g/mol. The summed E-state index contributed by atoms with van der Waals surface area (Å²) in [6, 6.07) is 3.07. The number of aromatic hydroxyl groups is 1. The predicted molar refractivity (Wildman–Crippen MR) is 121 cm³/mol. The van der Waals surface area contributed by atoms with Crippen LogP contribution in [0.1, 0.15) is 24.3 Å². The standard InChI is InChI=1S/C22H19BrCl2N2O7/c1-26-19(31)21(24)7-12-9(3-4-10-14(12)18(30)27(33)17(10)29)15(22(21,25)20(26)32)11-5-8(23)6-13(34-2)16(11)28/h3,5-6,10,12,14-15,28,33H,4,7H2,1-2H3. The molecule has 5 rings (SSSR count). The first kappa shape index (κ1) is 23.6. The zero-order valence-electron chi connectivity index (χ0n) is 17.9. The molecule has 6 atom stereocenters. The molecular formula is C22H19BrCl2N2O7. The molecule has 2 aliphatic carbocycles. The monoisotopic (exact) mass is 572 g/mol. The van der Waals surface area contributed by atoms with Crippen molar-refractivity contribution in [3.8, 4) is 11.5 Å². The van der Waals surface area contributed by atoms with Crippen LogP contribution in [0.15, 0.2) is 28.3 Å². The normalized spacial score (nSPS) is 36.9. The highest BCUT2D eigenvalue weighted by atomic mass is 79.9. The van der Waals surface area contributed by atoms with Crippen LogP contribution in [0.3, 0.4) is 0 Å². The third kappa shape index (κ3) is 2.65. The van der Waals surface area contributed by atoms with E-state index in [1.165, 1.54) is 20.2 Å². The first-order valence-electron chi connectivity index (χ1n) is 10.4. The molecule has 1 saturated carbocycles. The SMILES string of the molecule is COc1cc(Br)cc(C2C3=CCC4C(=O)N(O)C(=O)C4C3CC3(Cl)C(=O)N(C)C(=O)C23Cl)c1O. The first-order chi connectivity index (χ1) is 15.9. The molecule has 2 heterocycles. The molecule has 0 spiro atoms. The number of carbonyl (C=O) groups is 4. The van der Waals surface area contributed by atoms with Gasteiger partial charge in [0, 0.05) is 23.0 Å². The Kier molecular flexibility index (Phi) is 5.16. The van der Waals surface area contributed by atoms with Crippen molar-refractivity contribution in [3.63, 3.8) is 0 Å². The van der Waals surface area contributed by atoms with Gasteiger partial charge in [-0.15, -0.1) is 23.2 Å². The molecule has 6 unspecified atom stereocenters. The number of likely N-dealkylation sites (tertiary alicyclic amines) is 1. The second-order valence-electron chi connectivity index (χ2n) is 9.03. The number of amides is 4. The second kappa shape index (κ2) is 7.43. The molecule has 12 heteroatoms. The topological polar surface area (TPSA) is 124 Å². The fourth-order valence-corrected chi connectivity index (χ4v) is 7.51. The molecule has 1 aromatic carbocycles. The lowest BCUT2D eigenvalue weighted by Gasteiger charge is -2.50. The predicted octanol–water partition coefficient (Wildman–Crippen LogP) is 2.54. The fraction of sp³-hybridized carbons (Fsp3) is 0.455. The zero-order valence-corrected chi connectivity index (χ0v) is 21.0. The number of fused-ring (bicyclic) bond motifs is 4. The van der Waals surface area contributed by atoms with Crippen molar-refractivity contribution in [1.29, 1.82) is 0 Å². The van der Waals surface area contributed by atoms with E-state index in [1.54, 1.807) is 12.1 Å². The van der Waals surface area contributed by atoms with Gasteiger partial charge >= 0.3 is 0 Å². The molecule has 4 aliphatic rings. The number of ether oxygens (including phenoxy) is 1. The van der Waals surface area contributed by atoms with Gasteiger partial charge in [0.05, 0.1) is 18.9 Å². The second-order valence-corrected chi connectivity index (χ2v) is 11.2. The molecule has 3 fully saturated rings. The van der Waals surface area contributed by atoms with Gasteiger partial charge in [-0.25, -0.2) is 0 Å². The molecule has 0 aromatic heterocycles. The Balaban J connectivity index is 1.80. The zero-order chi connectivity index (χ0) is 24.9. The van der Waals surface area contributed by atoms with Crippen LogP contribution in [-0.4, -0.2) is 67.8 Å². The van der Waals surface area contributed by atoms with Gasteiger partial charge in [-0.3, -0.25) is 29.3 Å². The smallest absolute Gasteiger partial charge is 0.257 e. The van der Waals surface area contributed by atoms with E-state index in [9.17, 15) is 29.5 Å². The molecule has 34 heavy (non-hydrogen) atoms. The van der Waals surface area contributed by atoms with E-state index in [2.05, 4.69) is 15.9 Å². The molecule has 4 amide bonds. The van der Waals surface area contributed by atoms with Crippen LogP contribution in [0.4, 0.5) is 0 Å². The molecule has 180 valence electrons. The lowest BCUT2D eigenvalue weighted by molar-refractivity contribution is -0.173. The number of phenols is 1. The largest absolute Gasteiger partial charge is 0.504 e. The molecule has 0 radical (unpaired) electrons. The molecule has 2 aliphatic heterocycles. The van der Waals surface area contributed by atoms with E-state index >= 15 is 0 Å². The van der Waals surface area contributed by atoms with Crippen LogP contribution in [0, 0.1) is 17.8 Å². The van der Waals surface area contributed by atoms with Gasteiger partial charge in [-0.1, -0.05) is 27.6 Å². The Bertz CT molecular complexity index is 1220. The Morgan fingerprint density at radius 3 is 2.44 bits per heavy atom. The van der Waals surface area contributed by atoms with Crippen LogP contribution in [0.2, 0.25) is 0 Å². The number of phenolic OH excluding ortho intramolecular Hbond substituents is 1. The van der Waals surface area contributed by atoms with Gasteiger partial charge in [0.1, 0.15) is 0 Å². The van der Waals surface area contributed by atoms with Crippen molar-refractivity contribution in [2.24, 2.45) is 17.8 Å². The van der Waals surface area contributed by atoms with Crippen LogP contribution in [0.5, 0.6) is 11.5 Å². The van der Waals surface area contributed by atoms with Crippen LogP contribution in [-0.2, 0) is 19.2 Å². The van der Waals surface area contributed by atoms with Gasteiger partial charge in [0.15, 0.2) is 21.2 Å². The minimum absolute atomic E-state index is 0.0972. The molecule has 2 saturated heterocycles. The fourth-order valence-electron chi connectivity index (χ4n) is 6.04. The highest BCUT2D eigenvalue weighted by molar-refractivity contribution is 9.10. The van der Waals surface area contributed by atoms with E-state index in [1.807, 2.05) is 0 Å². The quantitative estimate of drug-likeness (QED) is 0.241. The van der Waals surface area contributed by atoms with E-state index < -0.39 is 57.0 Å². The average Bonchev–Trinajstić information content (AvgIpc) is 3.10. The minimum atomic E-state index is -2.02. The summed E-state index contributed by atoms with van der Waals surface area (Å²) in [5.74, 6) is -6.93. The number of halogens is 3. The number of imide groups is 2. The van der Waals surface area contributed by atoms with Gasteiger partial charge in [-0.05, 0) is 30.9 Å². The number of hydrogen-bond acceptors (Lipinski definition) is 7. The van der Waals surface area contributed by atoms with Crippen molar-refractivity contribution in [3.05, 3.63) is 33.8 Å². The minimum Gasteiger partial charge on any atom is -0.504 e. The van der Waals surface area contributed by atoms with Crippen LogP contribution >= 0.6 is 39.1 Å². The molecule has 0 bridgehead atoms. The highest BCUT2D eigenvalue weighted by Crippen LogP contribution is 2.66. The number of allylic oxidation sites excluding steroid dienone is 2. The summed E-state index contributed by atoms with van der Waals surface area (Å²) in [5.41, 5.74) is 0.672. The maximum atomic E-state index is 13.4. The van der Waals surface area contributed by atoms with E-state index in [0.29, 0.717) is 10.0 Å². The number of hydrogen-bond donors (Lipinski definition) is 2. The molecule has 2 N–H and O–H groups in total. The van der Waals surface area contributed by atoms with Crippen molar-refractivity contribution < 1.29 is 34.2 Å². The van der Waals surface area contributed by atoms with E-state index in [-0.39, 0.29) is 35.0 Å². The summed E-state index contributed by atoms with van der Waals surface area (Å²) in [7, 11) is 2.63. The molecule has 9 nitrogen and oxygen atoms in total. The van der Waals surface area contributed by atoms with Gasteiger partial charge in [0.25, 0.3) is 23.6 Å². The van der Waals surface area contributed by atoms with Crippen molar-refractivity contribution in [2.45, 2.75) is 28.5 Å². The number of carbonyl (C=O) groups excluding carboxylic acids is 4. The van der Waals surface area contributed by atoms with Crippen LogP contribution in [0.25, 0.3) is 0 Å². The number of rotatable bonds is 2. The Morgan fingerprint density at radius 1 is 1.12 bits per heavy atom. The number of hydroxylamine groups is 2. The lowest BCUT2D eigenvalue weighted by atomic mass is 9.56. The number of benzene rings is 1. The Hall–Kier alpha value is -2.14. The van der Waals surface area contributed by atoms with E-state index in [0.717, 1.165) is 4.90 Å². The maximum Gasteiger partial charge on any atom is 0.257 e. The number of methoxy groups -OCH3 is 1. The van der Waals surface area contributed by atoms with Gasteiger partial charge in [0.2, 0.25) is 0 Å². The summed E-state index contributed by atoms with van der Waals surface area (Å²) in [5, 5.41) is 21.2. The summed E-state index contributed by atoms with van der Waals surface area (Å²) < 4.78 is 5.78.